The largest absolute Gasteiger partial charge is 0.130 e. The highest BCUT2D eigenvalue weighted by Gasteiger charge is 1.92. The molecule has 0 rings (SSSR count). The van der Waals surface area contributed by atoms with Gasteiger partial charge in [0.05, 0.1) is 0 Å². The quantitative estimate of drug-likeness (QED) is 0.141. The zero-order valence-electron chi connectivity index (χ0n) is 18.5. The van der Waals surface area contributed by atoms with E-state index in [2.05, 4.69) is 31.7 Å². The van der Waals surface area contributed by atoms with Crippen molar-refractivity contribution in [1.29, 1.82) is 0 Å². The lowest BCUT2D eigenvalue weighted by atomic mass is 10.1. The zero-order chi connectivity index (χ0) is 19.0. The molecule has 0 unspecified atom stereocenters. The Morgan fingerprint density at radius 3 is 0.962 bits per heavy atom. The summed E-state index contributed by atoms with van der Waals surface area (Å²) >= 11 is 0. The van der Waals surface area contributed by atoms with Crippen molar-refractivity contribution in [1.82, 2.24) is 0 Å². The first kappa shape index (κ1) is 25.5. The second kappa shape index (κ2) is 24.5. The van der Waals surface area contributed by atoms with Crippen molar-refractivity contribution >= 4 is 0 Å². The Hall–Kier alpha value is -0.480. The number of allylic oxidation sites excluding steroid dienone is 1. The van der Waals surface area contributed by atoms with Crippen LogP contribution in [0.3, 0.4) is 0 Å². The Balaban J connectivity index is 3.15. The first-order chi connectivity index (χ1) is 12.9. The number of hydrogen-bond donors (Lipinski definition) is 0. The molecule has 0 saturated heterocycles. The van der Waals surface area contributed by atoms with Crippen molar-refractivity contribution in [3.63, 3.8) is 0 Å². The summed E-state index contributed by atoms with van der Waals surface area (Å²) in [6.45, 7) is 4.58. The summed E-state index contributed by atoms with van der Waals surface area (Å²) in [4.78, 5) is 0. The molecule has 0 atom stereocenters. The van der Waals surface area contributed by atoms with Crippen LogP contribution in [-0.2, 0) is 0 Å². The van der Waals surface area contributed by atoms with Crippen molar-refractivity contribution in [3.8, 4) is 0 Å². The van der Waals surface area contributed by atoms with Gasteiger partial charge in [-0.3, -0.25) is 0 Å². The van der Waals surface area contributed by atoms with Crippen molar-refractivity contribution in [2.45, 2.75) is 149 Å². The third-order valence-electron chi connectivity index (χ3n) is 5.39. The van der Waals surface area contributed by atoms with Crippen LogP contribution < -0.4 is 0 Å². The lowest BCUT2D eigenvalue weighted by molar-refractivity contribution is 0.557. The molecule has 0 aromatic carbocycles. The average Bonchev–Trinajstić information content (AvgIpc) is 2.66. The van der Waals surface area contributed by atoms with Gasteiger partial charge in [0.2, 0.25) is 0 Å². The molecule has 0 spiro atoms. The minimum absolute atomic E-state index is 1.23. The molecule has 0 nitrogen and oxygen atoms in total. The van der Waals surface area contributed by atoms with E-state index < -0.39 is 0 Å². The summed E-state index contributed by atoms with van der Waals surface area (Å²) in [5, 5.41) is 0. The maximum absolute atomic E-state index is 3.39. The Morgan fingerprint density at radius 1 is 0.385 bits per heavy atom. The van der Waals surface area contributed by atoms with Crippen molar-refractivity contribution in [2.75, 3.05) is 0 Å². The fraction of sp³-hybridized carbons (Fsp3) is 0.885. The van der Waals surface area contributed by atoms with E-state index in [1.165, 1.54) is 135 Å². The van der Waals surface area contributed by atoms with Crippen LogP contribution in [0.5, 0.6) is 0 Å². The SMILES string of the molecule is CCCCCCCCCCCC=C=CCCCCCCCCCCCC. The molecule has 0 heteroatoms. The van der Waals surface area contributed by atoms with Crippen LogP contribution in [0.15, 0.2) is 17.9 Å². The fourth-order valence-corrected chi connectivity index (χ4v) is 3.54. The van der Waals surface area contributed by atoms with Gasteiger partial charge in [-0.2, -0.15) is 0 Å². The maximum atomic E-state index is 3.39. The summed E-state index contributed by atoms with van der Waals surface area (Å²) in [7, 11) is 0. The topological polar surface area (TPSA) is 0 Å². The van der Waals surface area contributed by atoms with Crippen LogP contribution in [0.4, 0.5) is 0 Å². The van der Waals surface area contributed by atoms with Gasteiger partial charge in [-0.25, -0.2) is 0 Å². The van der Waals surface area contributed by atoms with Crippen LogP contribution in [0, 0.1) is 0 Å². The van der Waals surface area contributed by atoms with Gasteiger partial charge in [0.1, 0.15) is 0 Å². The molecule has 0 aliphatic rings. The number of hydrogen-bond acceptors (Lipinski definition) is 0. The van der Waals surface area contributed by atoms with Crippen molar-refractivity contribution < 1.29 is 0 Å². The summed E-state index contributed by atoms with van der Waals surface area (Å²) in [5.41, 5.74) is 3.39. The normalized spacial score (nSPS) is 10.7. The predicted octanol–water partition coefficient (Wildman–Crippen LogP) is 9.93. The van der Waals surface area contributed by atoms with E-state index in [0.717, 1.165) is 0 Å². The third kappa shape index (κ3) is 23.5. The summed E-state index contributed by atoms with van der Waals surface area (Å²) in [5.74, 6) is 0. The van der Waals surface area contributed by atoms with Gasteiger partial charge in [-0.15, -0.1) is 5.73 Å². The molecule has 0 bridgehead atoms. The van der Waals surface area contributed by atoms with Crippen molar-refractivity contribution in [3.05, 3.63) is 17.9 Å². The average molecular weight is 363 g/mol. The highest BCUT2D eigenvalue weighted by Crippen LogP contribution is 2.12. The Kier molecular flexibility index (Phi) is 24.1. The van der Waals surface area contributed by atoms with Gasteiger partial charge in [0, 0.05) is 0 Å². The molecule has 0 radical (unpaired) electrons. The predicted molar refractivity (Wildman–Crippen MR) is 121 cm³/mol. The van der Waals surface area contributed by atoms with Gasteiger partial charge >= 0.3 is 0 Å². The molecule has 26 heavy (non-hydrogen) atoms. The van der Waals surface area contributed by atoms with E-state index in [9.17, 15) is 0 Å². The molecule has 0 saturated carbocycles. The molecule has 0 fully saturated rings. The van der Waals surface area contributed by atoms with Gasteiger partial charge in [-0.1, -0.05) is 123 Å². The molecule has 0 heterocycles. The van der Waals surface area contributed by atoms with Gasteiger partial charge in [0.15, 0.2) is 0 Å². The molecule has 0 aliphatic heterocycles. The zero-order valence-corrected chi connectivity index (χ0v) is 18.5. The van der Waals surface area contributed by atoms with Crippen LogP contribution >= 0.6 is 0 Å². The second-order valence-corrected chi connectivity index (χ2v) is 8.16. The van der Waals surface area contributed by atoms with E-state index in [1.54, 1.807) is 0 Å². The smallest absolute Gasteiger partial charge is 0.0274 e. The van der Waals surface area contributed by atoms with E-state index >= 15 is 0 Å². The molecule has 0 aliphatic carbocycles. The summed E-state index contributed by atoms with van der Waals surface area (Å²) in [6, 6.07) is 0. The Labute approximate surface area is 166 Å². The lowest BCUT2D eigenvalue weighted by Gasteiger charge is -2.01. The van der Waals surface area contributed by atoms with Gasteiger partial charge in [0.25, 0.3) is 0 Å². The molecular formula is C26H50. The van der Waals surface area contributed by atoms with Crippen LogP contribution in [0.2, 0.25) is 0 Å². The van der Waals surface area contributed by atoms with Crippen LogP contribution in [-0.4, -0.2) is 0 Å². The summed E-state index contributed by atoms with van der Waals surface area (Å²) < 4.78 is 0. The molecule has 154 valence electrons. The van der Waals surface area contributed by atoms with Crippen LogP contribution in [0.25, 0.3) is 0 Å². The van der Waals surface area contributed by atoms with E-state index in [4.69, 9.17) is 0 Å². The fourth-order valence-electron chi connectivity index (χ4n) is 3.54. The number of unbranched alkanes of at least 4 members (excludes halogenated alkanes) is 19. The first-order valence-electron chi connectivity index (χ1n) is 12.3. The first-order valence-corrected chi connectivity index (χ1v) is 12.3. The monoisotopic (exact) mass is 362 g/mol. The van der Waals surface area contributed by atoms with Crippen LogP contribution in [0.1, 0.15) is 149 Å². The maximum Gasteiger partial charge on any atom is -0.0274 e. The Morgan fingerprint density at radius 2 is 0.654 bits per heavy atom. The lowest BCUT2D eigenvalue weighted by Crippen LogP contribution is -1.81. The Bertz CT molecular complexity index is 295. The van der Waals surface area contributed by atoms with Gasteiger partial charge in [-0.05, 0) is 37.8 Å². The van der Waals surface area contributed by atoms with Gasteiger partial charge < -0.3 is 0 Å². The van der Waals surface area contributed by atoms with Crippen molar-refractivity contribution in [2.24, 2.45) is 0 Å². The summed E-state index contributed by atoms with van der Waals surface area (Å²) in [6.07, 6.45) is 34.0. The second-order valence-electron chi connectivity index (χ2n) is 8.16. The molecule has 0 N–H and O–H groups in total. The highest BCUT2D eigenvalue weighted by molar-refractivity contribution is 4.84. The molecule has 0 amide bonds. The standard InChI is InChI=1S/C26H50/c1-3-5-7-9-11-13-15-17-19-21-23-25-26-24-22-20-18-16-14-12-10-8-6-4-2/h23,26H,3-22,24H2,1-2H3. The molecular weight excluding hydrogens is 312 g/mol. The molecule has 0 aromatic heterocycles. The minimum atomic E-state index is 1.23. The highest BCUT2D eigenvalue weighted by atomic mass is 14.0. The van der Waals surface area contributed by atoms with E-state index in [1.807, 2.05) is 0 Å². The van der Waals surface area contributed by atoms with E-state index in [-0.39, 0.29) is 0 Å². The third-order valence-corrected chi connectivity index (χ3v) is 5.39. The minimum Gasteiger partial charge on any atom is -0.130 e. The number of rotatable bonds is 21. The molecule has 0 aromatic rings. The van der Waals surface area contributed by atoms with E-state index in [0.29, 0.717) is 0 Å².